The van der Waals surface area contributed by atoms with Crippen molar-refractivity contribution in [3.8, 4) is 5.75 Å². The number of carboxylic acids is 1. The molecule has 1 aliphatic heterocycles. The van der Waals surface area contributed by atoms with Crippen LogP contribution >= 0.6 is 11.6 Å². The van der Waals surface area contributed by atoms with Gasteiger partial charge in [0, 0.05) is 12.5 Å². The van der Waals surface area contributed by atoms with Crippen molar-refractivity contribution < 1.29 is 19.0 Å². The Labute approximate surface area is 120 Å². The van der Waals surface area contributed by atoms with E-state index in [0.717, 1.165) is 12.0 Å². The van der Waals surface area contributed by atoms with Gasteiger partial charge in [0.1, 0.15) is 11.6 Å². The van der Waals surface area contributed by atoms with E-state index in [4.69, 9.17) is 21.4 Å². The summed E-state index contributed by atoms with van der Waals surface area (Å²) in [7, 11) is 0. The van der Waals surface area contributed by atoms with Crippen LogP contribution in [-0.4, -0.2) is 17.7 Å². The second-order valence-electron chi connectivity index (χ2n) is 4.14. The Morgan fingerprint density at radius 2 is 1.95 bits per heavy atom. The van der Waals surface area contributed by atoms with Crippen LogP contribution in [0.5, 0.6) is 5.75 Å². The number of carboxylic acid groups (broad SMARTS) is 1. The standard InChI is InChI=1S/C8H6ClFO.C7H6O2/c9-6-3-5-1-2-11-8(5)4-7(6)10;8-7(9)6-4-2-1-3-5-6/h3-4H,1-2H2;1-5H,(H,8,9). The van der Waals surface area contributed by atoms with Crippen molar-refractivity contribution in [2.24, 2.45) is 0 Å². The molecule has 0 aromatic heterocycles. The van der Waals surface area contributed by atoms with Gasteiger partial charge in [-0.2, -0.15) is 0 Å². The predicted molar refractivity (Wildman–Crippen MR) is 74.0 cm³/mol. The quantitative estimate of drug-likeness (QED) is 0.870. The lowest BCUT2D eigenvalue weighted by atomic mass is 10.2. The molecule has 1 N–H and O–H groups in total. The van der Waals surface area contributed by atoms with E-state index >= 15 is 0 Å². The van der Waals surface area contributed by atoms with Crippen molar-refractivity contribution >= 4 is 17.6 Å². The SMILES string of the molecule is Fc1cc2c(cc1Cl)CCO2.O=C(O)c1ccccc1. The van der Waals surface area contributed by atoms with E-state index in [2.05, 4.69) is 0 Å². The summed E-state index contributed by atoms with van der Waals surface area (Å²) in [4.78, 5) is 10.2. The third-order valence-corrected chi connectivity index (χ3v) is 3.04. The molecule has 0 spiro atoms. The van der Waals surface area contributed by atoms with Crippen LogP contribution in [0.15, 0.2) is 42.5 Å². The molecule has 104 valence electrons. The monoisotopic (exact) mass is 294 g/mol. The lowest BCUT2D eigenvalue weighted by Gasteiger charge is -1.99. The van der Waals surface area contributed by atoms with Gasteiger partial charge in [-0.3, -0.25) is 0 Å². The maximum absolute atomic E-state index is 12.8. The van der Waals surface area contributed by atoms with Gasteiger partial charge in [-0.1, -0.05) is 29.8 Å². The smallest absolute Gasteiger partial charge is 0.335 e. The van der Waals surface area contributed by atoms with E-state index in [-0.39, 0.29) is 5.02 Å². The molecule has 0 amide bonds. The first kappa shape index (κ1) is 14.3. The van der Waals surface area contributed by atoms with Crippen molar-refractivity contribution in [1.82, 2.24) is 0 Å². The molecule has 1 aliphatic rings. The normalized spacial score (nSPS) is 11.9. The highest BCUT2D eigenvalue weighted by Crippen LogP contribution is 2.29. The molecule has 2 aromatic rings. The summed E-state index contributed by atoms with van der Waals surface area (Å²) in [5.41, 5.74) is 1.33. The van der Waals surface area contributed by atoms with Crippen molar-refractivity contribution in [3.63, 3.8) is 0 Å². The fraction of sp³-hybridized carbons (Fsp3) is 0.133. The van der Waals surface area contributed by atoms with Crippen molar-refractivity contribution in [1.29, 1.82) is 0 Å². The maximum Gasteiger partial charge on any atom is 0.335 e. The van der Waals surface area contributed by atoms with Gasteiger partial charge in [-0.05, 0) is 23.8 Å². The lowest BCUT2D eigenvalue weighted by molar-refractivity contribution is 0.0697. The molecule has 0 saturated carbocycles. The van der Waals surface area contributed by atoms with E-state index in [1.54, 1.807) is 36.4 Å². The highest BCUT2D eigenvalue weighted by Gasteiger charge is 2.14. The van der Waals surface area contributed by atoms with Gasteiger partial charge in [0.2, 0.25) is 0 Å². The predicted octanol–water partition coefficient (Wildman–Crippen LogP) is 3.80. The third kappa shape index (κ3) is 3.48. The first-order valence-electron chi connectivity index (χ1n) is 5.97. The summed E-state index contributed by atoms with van der Waals surface area (Å²) in [6, 6.07) is 11.3. The maximum atomic E-state index is 12.8. The molecule has 1 heterocycles. The van der Waals surface area contributed by atoms with Gasteiger partial charge in [0.15, 0.2) is 0 Å². The lowest BCUT2D eigenvalue weighted by Crippen LogP contribution is -1.93. The van der Waals surface area contributed by atoms with E-state index in [9.17, 15) is 9.18 Å². The zero-order valence-electron chi connectivity index (χ0n) is 10.5. The number of aromatic carboxylic acids is 1. The molecule has 0 radical (unpaired) electrons. The number of benzene rings is 2. The zero-order chi connectivity index (χ0) is 14.5. The van der Waals surface area contributed by atoms with E-state index in [1.807, 2.05) is 0 Å². The molecule has 0 aliphatic carbocycles. The number of rotatable bonds is 1. The Morgan fingerprint density at radius 3 is 2.55 bits per heavy atom. The van der Waals surface area contributed by atoms with Crippen molar-refractivity contribution in [3.05, 3.63) is 64.4 Å². The molecule has 3 rings (SSSR count). The van der Waals surface area contributed by atoms with E-state index < -0.39 is 11.8 Å². The first-order valence-corrected chi connectivity index (χ1v) is 6.35. The molecule has 0 atom stereocenters. The molecular formula is C15H12ClFO3. The molecule has 2 aromatic carbocycles. The van der Waals surface area contributed by atoms with Crippen LogP contribution in [0.25, 0.3) is 0 Å². The highest BCUT2D eigenvalue weighted by atomic mass is 35.5. The van der Waals surface area contributed by atoms with Crippen LogP contribution in [-0.2, 0) is 6.42 Å². The van der Waals surface area contributed by atoms with E-state index in [0.29, 0.717) is 17.9 Å². The average Bonchev–Trinajstić information content (AvgIpc) is 2.88. The van der Waals surface area contributed by atoms with Crippen LogP contribution < -0.4 is 4.74 Å². The molecule has 0 unspecified atom stereocenters. The summed E-state index contributed by atoms with van der Waals surface area (Å²) >= 11 is 5.56. The summed E-state index contributed by atoms with van der Waals surface area (Å²) in [6.45, 7) is 0.634. The second-order valence-corrected chi connectivity index (χ2v) is 4.55. The summed E-state index contributed by atoms with van der Waals surface area (Å²) in [6.07, 6.45) is 0.829. The minimum absolute atomic E-state index is 0.175. The fourth-order valence-corrected chi connectivity index (χ4v) is 1.94. The summed E-state index contributed by atoms with van der Waals surface area (Å²) in [5, 5.41) is 8.56. The third-order valence-electron chi connectivity index (χ3n) is 2.75. The average molecular weight is 295 g/mol. The van der Waals surface area contributed by atoms with Crippen molar-refractivity contribution in [2.75, 3.05) is 6.61 Å². The largest absolute Gasteiger partial charge is 0.493 e. The van der Waals surface area contributed by atoms with Gasteiger partial charge in [0.05, 0.1) is 17.2 Å². The number of carbonyl (C=O) groups is 1. The van der Waals surface area contributed by atoms with Crippen molar-refractivity contribution in [2.45, 2.75) is 6.42 Å². The van der Waals surface area contributed by atoms with Gasteiger partial charge in [-0.25, -0.2) is 9.18 Å². The summed E-state index contributed by atoms with van der Waals surface area (Å²) in [5.74, 6) is -0.658. The Morgan fingerprint density at radius 1 is 1.25 bits per heavy atom. The number of fused-ring (bicyclic) bond motifs is 1. The molecule has 0 saturated heterocycles. The first-order chi connectivity index (χ1) is 9.58. The zero-order valence-corrected chi connectivity index (χ0v) is 11.2. The van der Waals surface area contributed by atoms with Crippen LogP contribution in [0.3, 0.4) is 0 Å². The molecule has 3 nitrogen and oxygen atoms in total. The van der Waals surface area contributed by atoms with Gasteiger partial charge in [0.25, 0.3) is 0 Å². The Bertz CT molecular complexity index is 585. The second kappa shape index (κ2) is 6.39. The van der Waals surface area contributed by atoms with Crippen LogP contribution in [0, 0.1) is 5.82 Å². The van der Waals surface area contributed by atoms with Gasteiger partial charge >= 0.3 is 5.97 Å². The highest BCUT2D eigenvalue weighted by molar-refractivity contribution is 6.30. The van der Waals surface area contributed by atoms with Crippen LogP contribution in [0.2, 0.25) is 5.02 Å². The Balaban J connectivity index is 0.000000151. The minimum atomic E-state index is -0.879. The van der Waals surface area contributed by atoms with Gasteiger partial charge in [-0.15, -0.1) is 0 Å². The number of hydrogen-bond donors (Lipinski definition) is 1. The topological polar surface area (TPSA) is 46.5 Å². The Kier molecular flexibility index (Phi) is 4.58. The van der Waals surface area contributed by atoms with Gasteiger partial charge < -0.3 is 9.84 Å². The molecule has 0 fully saturated rings. The van der Waals surface area contributed by atoms with Crippen LogP contribution in [0.4, 0.5) is 4.39 Å². The molecule has 0 bridgehead atoms. The minimum Gasteiger partial charge on any atom is -0.493 e. The summed E-state index contributed by atoms with van der Waals surface area (Å²) < 4.78 is 17.9. The number of halogens is 2. The van der Waals surface area contributed by atoms with E-state index in [1.165, 1.54) is 6.07 Å². The number of ether oxygens (including phenoxy) is 1. The molecule has 20 heavy (non-hydrogen) atoms. The molecule has 5 heteroatoms. The molecular weight excluding hydrogens is 283 g/mol. The fourth-order valence-electron chi connectivity index (χ4n) is 1.75. The number of hydrogen-bond acceptors (Lipinski definition) is 2. The van der Waals surface area contributed by atoms with Crippen LogP contribution in [0.1, 0.15) is 15.9 Å². The Hall–Kier alpha value is -2.07.